The highest BCUT2D eigenvalue weighted by molar-refractivity contribution is 5.06. The summed E-state index contributed by atoms with van der Waals surface area (Å²) in [5, 5.41) is 3.61. The summed E-state index contributed by atoms with van der Waals surface area (Å²) in [7, 11) is 0. The van der Waals surface area contributed by atoms with Crippen molar-refractivity contribution in [3.05, 3.63) is 11.6 Å². The maximum Gasteiger partial charge on any atom is -0.000000727 e. The van der Waals surface area contributed by atoms with Crippen molar-refractivity contribution in [1.29, 1.82) is 0 Å². The largest absolute Gasteiger partial charge is 0.316 e. The van der Waals surface area contributed by atoms with Crippen LogP contribution in [0.5, 0.6) is 0 Å². The van der Waals surface area contributed by atoms with Gasteiger partial charge in [0.15, 0.2) is 0 Å². The number of nitrogens with one attached hydrogen (secondary N) is 1. The zero-order valence-electron chi connectivity index (χ0n) is 11.1. The summed E-state index contributed by atoms with van der Waals surface area (Å²) in [6.07, 6.45) is 5.08. The van der Waals surface area contributed by atoms with E-state index < -0.39 is 0 Å². The Hall–Kier alpha value is -0.300. The van der Waals surface area contributed by atoms with Gasteiger partial charge < -0.3 is 5.32 Å². The molecule has 1 heteroatoms. The Morgan fingerprint density at radius 2 is 2.07 bits per heavy atom. The Morgan fingerprint density at radius 1 is 1.40 bits per heavy atom. The highest BCUT2D eigenvalue weighted by atomic mass is 14.9. The van der Waals surface area contributed by atoms with E-state index in [1.165, 1.54) is 19.4 Å². The van der Waals surface area contributed by atoms with E-state index in [1.54, 1.807) is 5.57 Å². The van der Waals surface area contributed by atoms with E-state index in [-0.39, 0.29) is 0 Å². The molecule has 1 nitrogen and oxygen atoms in total. The molecule has 0 spiro atoms. The van der Waals surface area contributed by atoms with Gasteiger partial charge in [0.1, 0.15) is 0 Å². The molecule has 0 saturated heterocycles. The van der Waals surface area contributed by atoms with Gasteiger partial charge in [0.25, 0.3) is 0 Å². The molecule has 0 aromatic rings. The first-order valence-electron chi connectivity index (χ1n) is 6.25. The molecule has 1 aliphatic rings. The van der Waals surface area contributed by atoms with Crippen molar-refractivity contribution in [1.82, 2.24) is 5.32 Å². The van der Waals surface area contributed by atoms with Gasteiger partial charge in [-0.05, 0) is 50.1 Å². The Balaban J connectivity index is 2.26. The van der Waals surface area contributed by atoms with Crippen LogP contribution in [0.15, 0.2) is 11.6 Å². The lowest BCUT2D eigenvalue weighted by Gasteiger charge is -2.27. The average Bonchev–Trinajstić information content (AvgIpc) is 1.99. The van der Waals surface area contributed by atoms with Crippen LogP contribution in [0.3, 0.4) is 0 Å². The van der Waals surface area contributed by atoms with Gasteiger partial charge in [0.2, 0.25) is 0 Å². The fraction of sp³-hybridized carbons (Fsp3) is 0.857. The maximum absolute atomic E-state index is 3.61. The van der Waals surface area contributed by atoms with Crippen molar-refractivity contribution in [2.75, 3.05) is 13.1 Å². The fourth-order valence-corrected chi connectivity index (χ4v) is 2.49. The normalized spacial score (nSPS) is 27.7. The zero-order valence-corrected chi connectivity index (χ0v) is 11.1. The van der Waals surface area contributed by atoms with Gasteiger partial charge in [-0.15, -0.1) is 0 Å². The van der Waals surface area contributed by atoms with Crippen LogP contribution >= 0.6 is 0 Å². The highest BCUT2D eigenvalue weighted by Crippen LogP contribution is 2.27. The molecule has 0 bridgehead atoms. The lowest BCUT2D eigenvalue weighted by molar-refractivity contribution is 0.331. The Labute approximate surface area is 95.3 Å². The number of hydrogen-bond donors (Lipinski definition) is 1. The van der Waals surface area contributed by atoms with Crippen molar-refractivity contribution in [2.45, 2.75) is 47.5 Å². The molecule has 0 aromatic carbocycles. The van der Waals surface area contributed by atoms with Gasteiger partial charge >= 0.3 is 0 Å². The van der Waals surface area contributed by atoms with Crippen LogP contribution in [0.1, 0.15) is 47.5 Å². The quantitative estimate of drug-likeness (QED) is 0.700. The molecule has 88 valence electrons. The fourth-order valence-electron chi connectivity index (χ4n) is 2.49. The number of allylic oxidation sites excluding steroid dienone is 2. The standard InChI is InChI=1S/C14H27N/c1-11-6-12(2)8-13(7-11)9-15-10-14(3,4)5/h6,11,13,15H,7-10H2,1-5H3. The molecule has 0 fully saturated rings. The second-order valence-corrected chi connectivity index (χ2v) is 6.49. The molecular weight excluding hydrogens is 182 g/mol. The van der Waals surface area contributed by atoms with E-state index in [1.807, 2.05) is 0 Å². The maximum atomic E-state index is 3.61. The predicted octanol–water partition coefficient (Wildman–Crippen LogP) is 3.61. The molecule has 0 amide bonds. The summed E-state index contributed by atoms with van der Waals surface area (Å²) in [5.41, 5.74) is 1.99. The van der Waals surface area contributed by atoms with Crippen molar-refractivity contribution in [3.63, 3.8) is 0 Å². The van der Waals surface area contributed by atoms with Gasteiger partial charge in [0, 0.05) is 0 Å². The lowest BCUT2D eigenvalue weighted by Crippen LogP contribution is -2.32. The smallest absolute Gasteiger partial charge is 0.000000727 e. The van der Waals surface area contributed by atoms with Crippen LogP contribution in [-0.2, 0) is 0 Å². The first kappa shape index (κ1) is 12.8. The van der Waals surface area contributed by atoms with Gasteiger partial charge in [-0.2, -0.15) is 0 Å². The van der Waals surface area contributed by atoms with Crippen LogP contribution in [0.25, 0.3) is 0 Å². The molecular formula is C14H27N. The van der Waals surface area contributed by atoms with Crippen LogP contribution in [0.4, 0.5) is 0 Å². The summed E-state index contributed by atoms with van der Waals surface area (Å²) in [5.74, 6) is 1.63. The summed E-state index contributed by atoms with van der Waals surface area (Å²) in [6, 6.07) is 0. The molecule has 15 heavy (non-hydrogen) atoms. The molecule has 2 atom stereocenters. The minimum absolute atomic E-state index is 0.408. The number of rotatable bonds is 3. The zero-order chi connectivity index (χ0) is 11.5. The van der Waals surface area contributed by atoms with Crippen molar-refractivity contribution in [3.8, 4) is 0 Å². The minimum atomic E-state index is 0.408. The van der Waals surface area contributed by atoms with E-state index in [0.29, 0.717) is 5.41 Å². The number of hydrogen-bond acceptors (Lipinski definition) is 1. The summed E-state index contributed by atoms with van der Waals surface area (Å²) in [4.78, 5) is 0. The van der Waals surface area contributed by atoms with Gasteiger partial charge in [-0.3, -0.25) is 0 Å². The minimum Gasteiger partial charge on any atom is -0.316 e. The van der Waals surface area contributed by atoms with Crippen LogP contribution in [0.2, 0.25) is 0 Å². The van der Waals surface area contributed by atoms with E-state index >= 15 is 0 Å². The van der Waals surface area contributed by atoms with Crippen LogP contribution in [0, 0.1) is 17.3 Å². The van der Waals surface area contributed by atoms with Crippen molar-refractivity contribution >= 4 is 0 Å². The average molecular weight is 209 g/mol. The Morgan fingerprint density at radius 3 is 2.60 bits per heavy atom. The summed E-state index contributed by atoms with van der Waals surface area (Å²) < 4.78 is 0. The van der Waals surface area contributed by atoms with E-state index in [2.05, 4.69) is 46.0 Å². The second-order valence-electron chi connectivity index (χ2n) is 6.49. The molecule has 1 aliphatic carbocycles. The molecule has 0 aliphatic heterocycles. The molecule has 0 aromatic heterocycles. The van der Waals surface area contributed by atoms with Crippen molar-refractivity contribution < 1.29 is 0 Å². The van der Waals surface area contributed by atoms with Gasteiger partial charge in [-0.25, -0.2) is 0 Å². The molecule has 2 unspecified atom stereocenters. The van der Waals surface area contributed by atoms with E-state index in [0.717, 1.165) is 18.4 Å². The van der Waals surface area contributed by atoms with E-state index in [4.69, 9.17) is 0 Å². The molecule has 1 N–H and O–H groups in total. The first-order valence-corrected chi connectivity index (χ1v) is 6.25. The van der Waals surface area contributed by atoms with E-state index in [9.17, 15) is 0 Å². The van der Waals surface area contributed by atoms with Gasteiger partial charge in [0.05, 0.1) is 0 Å². The molecule has 0 radical (unpaired) electrons. The SMILES string of the molecule is CC1=CC(C)CC(CNCC(C)(C)C)C1. The third-order valence-corrected chi connectivity index (χ3v) is 2.97. The highest BCUT2D eigenvalue weighted by Gasteiger charge is 2.18. The predicted molar refractivity (Wildman–Crippen MR) is 68.0 cm³/mol. The van der Waals surface area contributed by atoms with Crippen LogP contribution < -0.4 is 5.32 Å². The van der Waals surface area contributed by atoms with Gasteiger partial charge in [-0.1, -0.05) is 39.3 Å². The second kappa shape index (κ2) is 5.16. The summed E-state index contributed by atoms with van der Waals surface area (Å²) >= 11 is 0. The third-order valence-electron chi connectivity index (χ3n) is 2.97. The molecule has 1 rings (SSSR count). The summed E-state index contributed by atoms with van der Waals surface area (Å²) in [6.45, 7) is 13.8. The topological polar surface area (TPSA) is 12.0 Å². The van der Waals surface area contributed by atoms with Crippen molar-refractivity contribution in [2.24, 2.45) is 17.3 Å². The third kappa shape index (κ3) is 5.36. The molecule has 0 saturated carbocycles. The first-order chi connectivity index (χ1) is 6.87. The lowest BCUT2D eigenvalue weighted by atomic mass is 9.83. The monoisotopic (exact) mass is 209 g/mol. The Bertz CT molecular complexity index is 222. The molecule has 0 heterocycles. The Kier molecular flexibility index (Phi) is 4.39. The van der Waals surface area contributed by atoms with Crippen LogP contribution in [-0.4, -0.2) is 13.1 Å².